The number of rotatable bonds is 14. The van der Waals surface area contributed by atoms with Crippen LogP contribution in [-0.4, -0.2) is 99.6 Å². The molecule has 11 nitrogen and oxygen atoms in total. The number of para-hydroxylation sites is 1. The van der Waals surface area contributed by atoms with Gasteiger partial charge in [0, 0.05) is 61.5 Å². The summed E-state index contributed by atoms with van der Waals surface area (Å²) < 4.78 is 5.95. The molecule has 11 heteroatoms. The number of aliphatic hydroxyl groups is 1. The Kier molecular flexibility index (Phi) is 11.8. The molecule has 3 aromatic carbocycles. The number of hydroxylamine groups is 2. The lowest BCUT2D eigenvalue weighted by atomic mass is 9.89. The number of benzene rings is 3. The number of hydrogen-bond acceptors (Lipinski definition) is 9. The van der Waals surface area contributed by atoms with Gasteiger partial charge in [-0.3, -0.25) is 14.4 Å². The van der Waals surface area contributed by atoms with Gasteiger partial charge in [-0.2, -0.15) is 5.06 Å². The molecule has 0 bridgehead atoms. The number of nitrogens with zero attached hydrogens (tertiary/aromatic N) is 3. The second-order valence-corrected chi connectivity index (χ2v) is 12.4. The zero-order valence-electron chi connectivity index (χ0n) is 27.6. The maximum atomic E-state index is 13.8. The SMILES string of the molecule is COc1c(CN2OC(CN)C(C(C)O)C2C(N)=O)cccc1-c1cc(C(=O)NC(Cc2ccccc2)CN(C)C)cc(N(C)C)c1. The van der Waals surface area contributed by atoms with Gasteiger partial charge in [0.15, 0.2) is 0 Å². The third-order valence-electron chi connectivity index (χ3n) is 8.34. The fraction of sp³-hybridized carbons (Fsp3) is 0.429. The number of anilines is 1. The quantitative estimate of drug-likeness (QED) is 0.210. The second kappa shape index (κ2) is 15.5. The molecule has 2 amide bonds. The number of methoxy groups -OCH3 is 1. The molecule has 1 aliphatic rings. The molecule has 4 rings (SSSR count). The Hall–Kier alpha value is -4.00. The van der Waals surface area contributed by atoms with Crippen LogP contribution < -0.4 is 26.4 Å². The number of hydrogen-bond donors (Lipinski definition) is 4. The molecule has 46 heavy (non-hydrogen) atoms. The van der Waals surface area contributed by atoms with Gasteiger partial charge in [-0.25, -0.2) is 0 Å². The molecular weight excluding hydrogens is 584 g/mol. The van der Waals surface area contributed by atoms with E-state index in [1.807, 2.05) is 87.7 Å². The highest BCUT2D eigenvalue weighted by molar-refractivity contribution is 5.97. The fourth-order valence-corrected chi connectivity index (χ4v) is 6.22. The number of carbonyl (C=O) groups excluding carboxylic acids is 2. The number of carbonyl (C=O) groups is 2. The minimum Gasteiger partial charge on any atom is -0.496 e. The molecule has 5 unspecified atom stereocenters. The Bertz CT molecular complexity index is 1480. The van der Waals surface area contributed by atoms with Gasteiger partial charge < -0.3 is 36.4 Å². The second-order valence-electron chi connectivity index (χ2n) is 12.4. The lowest BCUT2D eigenvalue weighted by Crippen LogP contribution is -2.47. The summed E-state index contributed by atoms with van der Waals surface area (Å²) in [6.45, 7) is 2.57. The van der Waals surface area contributed by atoms with Crippen LogP contribution in [-0.2, 0) is 22.6 Å². The molecule has 0 aromatic heterocycles. The van der Waals surface area contributed by atoms with E-state index in [9.17, 15) is 14.7 Å². The molecule has 1 heterocycles. The first-order valence-electron chi connectivity index (χ1n) is 15.5. The summed E-state index contributed by atoms with van der Waals surface area (Å²) in [6.07, 6.45) is -0.720. The zero-order valence-corrected chi connectivity index (χ0v) is 27.6. The number of ether oxygens (including phenoxy) is 1. The van der Waals surface area contributed by atoms with Crippen molar-refractivity contribution in [3.63, 3.8) is 0 Å². The van der Waals surface area contributed by atoms with Gasteiger partial charge in [0.25, 0.3) is 5.91 Å². The van der Waals surface area contributed by atoms with Crippen LogP contribution >= 0.6 is 0 Å². The Balaban J connectivity index is 1.68. The van der Waals surface area contributed by atoms with E-state index in [4.69, 9.17) is 21.0 Å². The largest absolute Gasteiger partial charge is 0.496 e. The standard InChI is InChI=1S/C35H48N6O5/c1-22(42)31-30(19-36)46-41(32(31)34(37)43)20-24-13-10-14-29(33(24)45-6)25-16-26(18-28(17-25)40(4)5)35(44)38-27(21-39(2)3)15-23-11-8-7-9-12-23/h7-14,16-18,22,27,30-32,42H,15,19-21,36H2,1-6H3,(H2,37,43)(H,38,44). The highest BCUT2D eigenvalue weighted by Crippen LogP contribution is 2.38. The van der Waals surface area contributed by atoms with E-state index in [-0.39, 0.29) is 25.0 Å². The summed E-state index contributed by atoms with van der Waals surface area (Å²) in [5.41, 5.74) is 16.5. The number of nitrogens with one attached hydrogen (secondary N) is 1. The lowest BCUT2D eigenvalue weighted by molar-refractivity contribution is -0.172. The third-order valence-corrected chi connectivity index (χ3v) is 8.34. The lowest BCUT2D eigenvalue weighted by Gasteiger charge is -2.25. The average Bonchev–Trinajstić information content (AvgIpc) is 3.39. The van der Waals surface area contributed by atoms with Crippen molar-refractivity contribution in [2.24, 2.45) is 17.4 Å². The number of likely N-dealkylation sites (N-methyl/N-ethyl adjacent to an activating group) is 1. The van der Waals surface area contributed by atoms with Crippen LogP contribution in [0.2, 0.25) is 0 Å². The predicted octanol–water partition coefficient (Wildman–Crippen LogP) is 2.26. The van der Waals surface area contributed by atoms with Crippen LogP contribution in [0.1, 0.15) is 28.4 Å². The van der Waals surface area contributed by atoms with Gasteiger partial charge in [0.05, 0.1) is 25.9 Å². The van der Waals surface area contributed by atoms with Crippen molar-refractivity contribution in [2.45, 2.75) is 44.2 Å². The minimum atomic E-state index is -0.875. The van der Waals surface area contributed by atoms with Gasteiger partial charge in [-0.05, 0) is 56.8 Å². The molecule has 248 valence electrons. The van der Waals surface area contributed by atoms with Crippen molar-refractivity contribution in [1.82, 2.24) is 15.3 Å². The van der Waals surface area contributed by atoms with E-state index < -0.39 is 30.1 Å². The van der Waals surface area contributed by atoms with Crippen LogP contribution in [0.3, 0.4) is 0 Å². The van der Waals surface area contributed by atoms with E-state index in [0.717, 1.165) is 27.9 Å². The first-order valence-corrected chi connectivity index (χ1v) is 15.5. The molecule has 1 aliphatic heterocycles. The number of primary amides is 1. The molecule has 0 radical (unpaired) electrons. The molecule has 6 N–H and O–H groups in total. The Morgan fingerprint density at radius 3 is 2.37 bits per heavy atom. The van der Waals surface area contributed by atoms with Crippen molar-refractivity contribution in [2.75, 3.05) is 53.3 Å². The van der Waals surface area contributed by atoms with E-state index in [1.54, 1.807) is 14.0 Å². The van der Waals surface area contributed by atoms with Crippen LogP contribution in [0.4, 0.5) is 5.69 Å². The molecular formula is C35H48N6O5. The highest BCUT2D eigenvalue weighted by atomic mass is 16.7. The molecule has 5 atom stereocenters. The van der Waals surface area contributed by atoms with Gasteiger partial charge in [0.2, 0.25) is 5.91 Å². The number of amides is 2. The molecule has 0 saturated carbocycles. The van der Waals surface area contributed by atoms with E-state index in [1.165, 1.54) is 5.06 Å². The first-order chi connectivity index (χ1) is 21.9. The first kappa shape index (κ1) is 34.9. The molecule has 0 aliphatic carbocycles. The van der Waals surface area contributed by atoms with Crippen molar-refractivity contribution >= 4 is 17.5 Å². The Labute approximate surface area is 272 Å². The van der Waals surface area contributed by atoms with Crippen molar-refractivity contribution in [1.29, 1.82) is 0 Å². The van der Waals surface area contributed by atoms with E-state index in [2.05, 4.69) is 22.3 Å². The minimum absolute atomic E-state index is 0.101. The fourth-order valence-electron chi connectivity index (χ4n) is 6.22. The van der Waals surface area contributed by atoms with Crippen LogP contribution in [0.15, 0.2) is 66.7 Å². The summed E-state index contributed by atoms with van der Waals surface area (Å²) in [5.74, 6) is -0.788. The molecule has 1 fully saturated rings. The normalized spacial score (nSPS) is 19.5. The maximum Gasteiger partial charge on any atom is 0.251 e. The number of aliphatic hydroxyl groups excluding tert-OH is 1. The van der Waals surface area contributed by atoms with Gasteiger partial charge in [-0.15, -0.1) is 0 Å². The van der Waals surface area contributed by atoms with Gasteiger partial charge in [0.1, 0.15) is 11.8 Å². The monoisotopic (exact) mass is 632 g/mol. The van der Waals surface area contributed by atoms with Gasteiger partial charge in [-0.1, -0.05) is 48.5 Å². The summed E-state index contributed by atoms with van der Waals surface area (Å²) in [4.78, 5) is 36.4. The van der Waals surface area contributed by atoms with E-state index >= 15 is 0 Å². The van der Waals surface area contributed by atoms with Crippen LogP contribution in [0.5, 0.6) is 5.75 Å². The smallest absolute Gasteiger partial charge is 0.251 e. The van der Waals surface area contributed by atoms with Crippen LogP contribution in [0.25, 0.3) is 11.1 Å². The predicted molar refractivity (Wildman–Crippen MR) is 180 cm³/mol. The van der Waals surface area contributed by atoms with Crippen molar-refractivity contribution in [3.05, 3.63) is 83.4 Å². The summed E-state index contributed by atoms with van der Waals surface area (Å²) in [6, 6.07) is 20.6. The summed E-state index contributed by atoms with van der Waals surface area (Å²) >= 11 is 0. The maximum absolute atomic E-state index is 13.8. The third kappa shape index (κ3) is 8.23. The van der Waals surface area contributed by atoms with Gasteiger partial charge >= 0.3 is 0 Å². The molecule has 0 spiro atoms. The highest BCUT2D eigenvalue weighted by Gasteiger charge is 2.48. The zero-order chi connectivity index (χ0) is 33.5. The van der Waals surface area contributed by atoms with Crippen molar-refractivity contribution in [3.8, 4) is 16.9 Å². The van der Waals surface area contributed by atoms with E-state index in [0.29, 0.717) is 24.3 Å². The average molecular weight is 633 g/mol. The summed E-state index contributed by atoms with van der Waals surface area (Å²) in [5, 5.41) is 15.2. The van der Waals surface area contributed by atoms with Crippen molar-refractivity contribution < 1.29 is 24.3 Å². The molecule has 3 aromatic rings. The van der Waals surface area contributed by atoms with Crippen LogP contribution in [0, 0.1) is 5.92 Å². The Morgan fingerprint density at radius 1 is 1.07 bits per heavy atom. The number of nitrogens with two attached hydrogens (primary N) is 2. The topological polar surface area (TPSA) is 147 Å². The Morgan fingerprint density at radius 2 is 1.78 bits per heavy atom. The molecule has 1 saturated heterocycles. The summed E-state index contributed by atoms with van der Waals surface area (Å²) in [7, 11) is 9.43.